The Morgan fingerprint density at radius 1 is 1.29 bits per heavy atom. The second kappa shape index (κ2) is 6.92. The summed E-state index contributed by atoms with van der Waals surface area (Å²) in [5.41, 5.74) is 0.722. The van der Waals surface area contributed by atoms with Crippen molar-refractivity contribution < 1.29 is 4.39 Å². The van der Waals surface area contributed by atoms with E-state index in [9.17, 15) is 4.39 Å². The van der Waals surface area contributed by atoms with Crippen molar-refractivity contribution in [3.63, 3.8) is 0 Å². The molecule has 1 aliphatic rings. The minimum absolute atomic E-state index is 0.0917. The molecular formula is C17H26FN3. The molecule has 3 nitrogen and oxygen atoms in total. The number of guanidine groups is 1. The van der Waals surface area contributed by atoms with Crippen molar-refractivity contribution >= 4 is 5.96 Å². The molecule has 2 rings (SSSR count). The van der Waals surface area contributed by atoms with Gasteiger partial charge in [0.1, 0.15) is 5.82 Å². The Bertz CT molecular complexity index is 493. The van der Waals surface area contributed by atoms with Gasteiger partial charge in [0.2, 0.25) is 0 Å². The lowest BCUT2D eigenvalue weighted by Gasteiger charge is -2.17. The zero-order valence-corrected chi connectivity index (χ0v) is 13.2. The maximum atomic E-state index is 14.0. The van der Waals surface area contributed by atoms with Gasteiger partial charge in [-0.1, -0.05) is 32.0 Å². The monoisotopic (exact) mass is 291 g/mol. The van der Waals surface area contributed by atoms with Crippen LogP contribution >= 0.6 is 0 Å². The number of nitrogens with one attached hydrogen (secondary N) is 2. The van der Waals surface area contributed by atoms with Gasteiger partial charge in [0, 0.05) is 18.5 Å². The maximum absolute atomic E-state index is 14.0. The van der Waals surface area contributed by atoms with Crippen LogP contribution in [0.1, 0.15) is 39.2 Å². The van der Waals surface area contributed by atoms with Crippen molar-refractivity contribution in [3.8, 4) is 0 Å². The molecule has 1 aromatic rings. The molecule has 0 radical (unpaired) electrons. The highest BCUT2D eigenvalue weighted by Gasteiger charge is 2.45. The molecule has 1 saturated carbocycles. The molecule has 0 unspecified atom stereocenters. The summed E-state index contributed by atoms with van der Waals surface area (Å²) in [6.07, 6.45) is 2.03. The zero-order valence-electron chi connectivity index (χ0n) is 13.2. The van der Waals surface area contributed by atoms with Crippen LogP contribution in [0.4, 0.5) is 4.39 Å². The van der Waals surface area contributed by atoms with Crippen molar-refractivity contribution in [2.24, 2.45) is 10.9 Å². The average molecular weight is 291 g/mol. The van der Waals surface area contributed by atoms with Crippen molar-refractivity contribution in [3.05, 3.63) is 35.6 Å². The van der Waals surface area contributed by atoms with Crippen LogP contribution < -0.4 is 10.6 Å². The molecule has 0 bridgehead atoms. The normalized spacial score (nSPS) is 16.9. The zero-order chi connectivity index (χ0) is 15.3. The van der Waals surface area contributed by atoms with Gasteiger partial charge < -0.3 is 10.6 Å². The molecule has 0 spiro atoms. The fourth-order valence-corrected chi connectivity index (χ4v) is 2.43. The Hall–Kier alpha value is -1.58. The molecular weight excluding hydrogens is 265 g/mol. The number of halogens is 1. The van der Waals surface area contributed by atoms with E-state index in [-0.39, 0.29) is 11.2 Å². The van der Waals surface area contributed by atoms with E-state index in [4.69, 9.17) is 0 Å². The van der Waals surface area contributed by atoms with Crippen molar-refractivity contribution in [1.29, 1.82) is 0 Å². The van der Waals surface area contributed by atoms with Gasteiger partial charge in [0.25, 0.3) is 0 Å². The molecule has 0 atom stereocenters. The Morgan fingerprint density at radius 3 is 2.57 bits per heavy atom. The lowest BCUT2D eigenvalue weighted by molar-refractivity contribution is 0.570. The average Bonchev–Trinajstić information content (AvgIpc) is 3.23. The number of nitrogens with zero attached hydrogens (tertiary/aromatic N) is 1. The summed E-state index contributed by atoms with van der Waals surface area (Å²) in [5.74, 6) is 1.29. The summed E-state index contributed by atoms with van der Waals surface area (Å²) in [6, 6.07) is 7.09. The van der Waals surface area contributed by atoms with E-state index in [0.29, 0.717) is 12.5 Å². The first-order chi connectivity index (χ1) is 10.1. The van der Waals surface area contributed by atoms with Crippen LogP contribution in [-0.4, -0.2) is 25.6 Å². The Balaban J connectivity index is 2.05. The minimum atomic E-state index is -0.106. The third-order valence-electron chi connectivity index (χ3n) is 3.86. The topological polar surface area (TPSA) is 36.4 Å². The Morgan fingerprint density at radius 2 is 2.00 bits per heavy atom. The highest BCUT2D eigenvalue weighted by atomic mass is 19.1. The fraction of sp³-hybridized carbons (Fsp3) is 0.588. The second-order valence-electron chi connectivity index (χ2n) is 6.23. The van der Waals surface area contributed by atoms with Gasteiger partial charge in [-0.3, -0.25) is 4.99 Å². The van der Waals surface area contributed by atoms with Crippen molar-refractivity contribution in [2.75, 3.05) is 19.6 Å². The molecule has 1 aromatic carbocycles. The Kier molecular flexibility index (Phi) is 5.21. The van der Waals surface area contributed by atoms with E-state index >= 15 is 0 Å². The predicted octanol–water partition coefficient (Wildman–Crippen LogP) is 3.07. The van der Waals surface area contributed by atoms with Crippen LogP contribution in [0.2, 0.25) is 0 Å². The van der Waals surface area contributed by atoms with Gasteiger partial charge in [0.15, 0.2) is 5.96 Å². The predicted molar refractivity (Wildman–Crippen MR) is 86.1 cm³/mol. The molecule has 0 saturated heterocycles. The van der Waals surface area contributed by atoms with Crippen LogP contribution in [0, 0.1) is 11.7 Å². The van der Waals surface area contributed by atoms with E-state index in [2.05, 4.69) is 36.4 Å². The number of aliphatic imine (C=N–C) groups is 1. The lowest BCUT2D eigenvalue weighted by atomic mass is 9.95. The highest BCUT2D eigenvalue weighted by molar-refractivity contribution is 5.79. The standard InChI is InChI=1S/C17H26FN3/c1-4-19-16(20-11-13(2)3)21-12-17(9-10-17)14-7-5-6-8-15(14)18/h5-8,13H,4,9-12H2,1-3H3,(H2,19,20,21). The summed E-state index contributed by atoms with van der Waals surface area (Å²) in [6.45, 7) is 8.74. The first kappa shape index (κ1) is 15.8. The summed E-state index contributed by atoms with van der Waals surface area (Å²) >= 11 is 0. The SMILES string of the molecule is CCNC(=NCC1(c2ccccc2F)CC1)NCC(C)C. The molecule has 4 heteroatoms. The van der Waals surface area contributed by atoms with Gasteiger partial charge in [-0.15, -0.1) is 0 Å². The molecule has 21 heavy (non-hydrogen) atoms. The highest BCUT2D eigenvalue weighted by Crippen LogP contribution is 2.49. The summed E-state index contributed by atoms with van der Waals surface area (Å²) in [7, 11) is 0. The van der Waals surface area contributed by atoms with Crippen LogP contribution in [0.5, 0.6) is 0 Å². The summed E-state index contributed by atoms with van der Waals surface area (Å²) in [5, 5.41) is 6.58. The maximum Gasteiger partial charge on any atom is 0.191 e. The van der Waals surface area contributed by atoms with E-state index in [0.717, 1.165) is 37.5 Å². The number of benzene rings is 1. The fourth-order valence-electron chi connectivity index (χ4n) is 2.43. The van der Waals surface area contributed by atoms with Gasteiger partial charge in [-0.25, -0.2) is 4.39 Å². The largest absolute Gasteiger partial charge is 0.357 e. The first-order valence-electron chi connectivity index (χ1n) is 7.84. The van der Waals surface area contributed by atoms with E-state index < -0.39 is 0 Å². The summed E-state index contributed by atoms with van der Waals surface area (Å²) < 4.78 is 14.0. The molecule has 0 aliphatic heterocycles. The second-order valence-corrected chi connectivity index (χ2v) is 6.23. The third kappa shape index (κ3) is 4.19. The van der Waals surface area contributed by atoms with Crippen LogP contribution in [-0.2, 0) is 5.41 Å². The molecule has 0 heterocycles. The molecule has 2 N–H and O–H groups in total. The number of rotatable bonds is 6. The van der Waals surface area contributed by atoms with Gasteiger partial charge in [-0.05, 0) is 37.3 Å². The van der Waals surface area contributed by atoms with Gasteiger partial charge >= 0.3 is 0 Å². The molecule has 0 amide bonds. The van der Waals surface area contributed by atoms with E-state index in [1.165, 1.54) is 0 Å². The molecule has 1 aliphatic carbocycles. The van der Waals surface area contributed by atoms with E-state index in [1.807, 2.05) is 12.1 Å². The lowest BCUT2D eigenvalue weighted by Crippen LogP contribution is -2.39. The Labute approximate surface area is 127 Å². The third-order valence-corrected chi connectivity index (χ3v) is 3.86. The van der Waals surface area contributed by atoms with Crippen molar-refractivity contribution in [2.45, 2.75) is 39.0 Å². The molecule has 116 valence electrons. The number of hydrogen-bond acceptors (Lipinski definition) is 1. The minimum Gasteiger partial charge on any atom is -0.357 e. The smallest absolute Gasteiger partial charge is 0.191 e. The quantitative estimate of drug-likeness (QED) is 0.624. The van der Waals surface area contributed by atoms with Crippen LogP contribution in [0.15, 0.2) is 29.3 Å². The summed E-state index contributed by atoms with van der Waals surface area (Å²) in [4.78, 5) is 4.66. The molecule has 0 aromatic heterocycles. The number of hydrogen-bond donors (Lipinski definition) is 2. The van der Waals surface area contributed by atoms with Gasteiger partial charge in [-0.2, -0.15) is 0 Å². The van der Waals surface area contributed by atoms with Crippen molar-refractivity contribution in [1.82, 2.24) is 10.6 Å². The first-order valence-corrected chi connectivity index (χ1v) is 7.84. The van der Waals surface area contributed by atoms with E-state index in [1.54, 1.807) is 12.1 Å². The van der Waals surface area contributed by atoms with Crippen LogP contribution in [0.3, 0.4) is 0 Å². The van der Waals surface area contributed by atoms with Crippen LogP contribution in [0.25, 0.3) is 0 Å². The van der Waals surface area contributed by atoms with Gasteiger partial charge in [0.05, 0.1) is 6.54 Å². The molecule has 1 fully saturated rings.